The van der Waals surface area contributed by atoms with E-state index in [1.807, 2.05) is 12.1 Å². The Balaban J connectivity index is 1.20. The van der Waals surface area contributed by atoms with Gasteiger partial charge in [0.25, 0.3) is 0 Å². The van der Waals surface area contributed by atoms with Gasteiger partial charge in [-0.1, -0.05) is 115 Å². The van der Waals surface area contributed by atoms with Gasteiger partial charge in [-0.05, 0) is 70.2 Å². The van der Waals surface area contributed by atoms with Crippen molar-refractivity contribution in [1.29, 1.82) is 0 Å². The number of rotatable bonds is 1. The number of hydrogen-bond donors (Lipinski definition) is 0. The zero-order chi connectivity index (χ0) is 37.4. The first-order valence-electron chi connectivity index (χ1n) is 19.9. The minimum absolute atomic E-state index is 0.234. The molecule has 6 heterocycles. The van der Waals surface area contributed by atoms with Gasteiger partial charge >= 0.3 is 6.85 Å². The minimum Gasteiger partial charge on any atom is -0.455 e. The maximum Gasteiger partial charge on any atom is 0.333 e. The summed E-state index contributed by atoms with van der Waals surface area (Å²) < 4.78 is 23.5. The molecule has 2 aliphatic heterocycles. The molecule has 0 fully saturated rings. The van der Waals surface area contributed by atoms with Crippen LogP contribution in [0, 0.1) is 0 Å². The number of nitrogens with zero attached hydrogens (tertiary/aromatic N) is 2. The lowest BCUT2D eigenvalue weighted by Crippen LogP contribution is -2.60. The van der Waals surface area contributed by atoms with Crippen molar-refractivity contribution in [3.05, 3.63) is 164 Å². The highest BCUT2D eigenvalue weighted by Crippen LogP contribution is 2.53. The van der Waals surface area contributed by atoms with Gasteiger partial charge in [0.05, 0.1) is 22.3 Å². The lowest BCUT2D eigenvalue weighted by Gasteiger charge is -2.41. The van der Waals surface area contributed by atoms with Gasteiger partial charge in [-0.15, -0.1) is 0 Å². The van der Waals surface area contributed by atoms with Crippen LogP contribution in [0.5, 0.6) is 0 Å². The molecule has 13 aromatic rings. The van der Waals surface area contributed by atoms with Gasteiger partial charge in [-0.25, -0.2) is 0 Å². The second-order valence-corrected chi connectivity index (χ2v) is 15.9. The van der Waals surface area contributed by atoms with Gasteiger partial charge < -0.3 is 22.6 Å². The molecule has 15 rings (SSSR count). The Labute approximate surface area is 329 Å². The second kappa shape index (κ2) is 10.2. The van der Waals surface area contributed by atoms with E-state index in [0.717, 1.165) is 94.0 Å². The van der Waals surface area contributed by atoms with Crippen LogP contribution in [0.1, 0.15) is 0 Å². The highest BCUT2D eigenvalue weighted by Gasteiger charge is 2.47. The molecular formula is C52H27BN2O3. The molecule has 0 saturated heterocycles. The van der Waals surface area contributed by atoms with E-state index >= 15 is 0 Å². The fraction of sp³-hybridized carbons (Fsp3) is 0. The third-order valence-electron chi connectivity index (χ3n) is 13.1. The predicted octanol–water partition coefficient (Wildman–Crippen LogP) is 12.9. The van der Waals surface area contributed by atoms with Crippen LogP contribution < -0.4 is 15.7 Å². The van der Waals surface area contributed by atoms with Crippen LogP contribution in [-0.4, -0.2) is 11.4 Å². The van der Waals surface area contributed by atoms with Crippen LogP contribution >= 0.6 is 0 Å². The lowest BCUT2D eigenvalue weighted by atomic mass is 9.44. The summed E-state index contributed by atoms with van der Waals surface area (Å²) in [6, 6.07) is 58.9. The predicted molar refractivity (Wildman–Crippen MR) is 239 cm³/mol. The third kappa shape index (κ3) is 3.40. The molecule has 5 nitrogen and oxygen atoms in total. The fourth-order valence-electron chi connectivity index (χ4n) is 10.9. The molecular weight excluding hydrogens is 711 g/mol. The molecule has 9 aromatic carbocycles. The molecule has 0 N–H and O–H groups in total. The zero-order valence-electron chi connectivity index (χ0n) is 30.8. The molecule has 6 heteroatoms. The Bertz CT molecular complexity index is 4010. The van der Waals surface area contributed by atoms with Gasteiger partial charge in [0.1, 0.15) is 27.9 Å². The number of hydrogen-bond acceptors (Lipinski definition) is 4. The standard InChI is InChI=1S/C52H27BN2O3/c1-2-12-29-28(11-1)23-25-38-45(29)35-17-9-18-37-49(35)54(38)41-27-36-32-15-5-8-22-44(32)58-52(36)47-46-39(26-24-34-31-14-4-7-21-43(31)57-51(34)46)55(53(37)48(41)47)40-19-10-16-33-30-13-3-6-20-42(30)56-50(33)40/h1-27H. The highest BCUT2D eigenvalue weighted by atomic mass is 16.3. The minimum atomic E-state index is -0.234. The van der Waals surface area contributed by atoms with E-state index in [0.29, 0.717) is 0 Å². The van der Waals surface area contributed by atoms with Crippen LogP contribution in [0.15, 0.2) is 177 Å². The summed E-state index contributed by atoms with van der Waals surface area (Å²) in [6.07, 6.45) is 0. The van der Waals surface area contributed by atoms with Crippen molar-refractivity contribution < 1.29 is 13.3 Å². The first kappa shape index (κ1) is 29.6. The maximum atomic E-state index is 7.05. The quantitative estimate of drug-likeness (QED) is 0.157. The summed E-state index contributed by atoms with van der Waals surface area (Å²) >= 11 is 0. The highest BCUT2D eigenvalue weighted by molar-refractivity contribution is 6.94. The van der Waals surface area contributed by atoms with Crippen molar-refractivity contribution in [2.45, 2.75) is 0 Å². The number of fused-ring (bicyclic) bond motifs is 20. The van der Waals surface area contributed by atoms with Crippen molar-refractivity contribution in [3.63, 3.8) is 0 Å². The van der Waals surface area contributed by atoms with Gasteiger partial charge in [0, 0.05) is 60.0 Å². The summed E-state index contributed by atoms with van der Waals surface area (Å²) in [6.45, 7) is -0.234. The van der Waals surface area contributed by atoms with E-state index in [2.05, 4.69) is 161 Å². The van der Waals surface area contributed by atoms with Crippen LogP contribution in [0.3, 0.4) is 0 Å². The Morgan fingerprint density at radius 1 is 0.397 bits per heavy atom. The van der Waals surface area contributed by atoms with Crippen LogP contribution in [-0.2, 0) is 0 Å². The molecule has 0 radical (unpaired) electrons. The zero-order valence-corrected chi connectivity index (χ0v) is 30.8. The molecule has 266 valence electrons. The van der Waals surface area contributed by atoms with Gasteiger partial charge in [0.15, 0.2) is 5.58 Å². The van der Waals surface area contributed by atoms with E-state index < -0.39 is 0 Å². The lowest BCUT2D eigenvalue weighted by molar-refractivity contribution is 0.665. The summed E-state index contributed by atoms with van der Waals surface area (Å²) in [4.78, 5) is 2.53. The maximum absolute atomic E-state index is 7.05. The molecule has 0 amide bonds. The van der Waals surface area contributed by atoms with Crippen molar-refractivity contribution >= 4 is 128 Å². The van der Waals surface area contributed by atoms with E-state index in [-0.39, 0.29) is 6.85 Å². The molecule has 0 unspecified atom stereocenters. The monoisotopic (exact) mass is 738 g/mol. The Morgan fingerprint density at radius 2 is 1.00 bits per heavy atom. The average molecular weight is 739 g/mol. The van der Waals surface area contributed by atoms with Gasteiger partial charge in [0.2, 0.25) is 0 Å². The average Bonchev–Trinajstić information content (AvgIpc) is 4.04. The largest absolute Gasteiger partial charge is 0.455 e. The van der Waals surface area contributed by atoms with Crippen molar-refractivity contribution in [1.82, 2.24) is 4.57 Å². The van der Waals surface area contributed by atoms with Crippen LogP contribution in [0.25, 0.3) is 115 Å². The molecule has 0 bridgehead atoms. The summed E-state index contributed by atoms with van der Waals surface area (Å²) in [7, 11) is 0. The summed E-state index contributed by atoms with van der Waals surface area (Å²) in [5, 5.41) is 11.5. The molecule has 0 saturated carbocycles. The molecule has 2 aliphatic rings. The first-order valence-corrected chi connectivity index (χ1v) is 19.9. The van der Waals surface area contributed by atoms with Gasteiger partial charge in [-0.2, -0.15) is 0 Å². The number of para-hydroxylation sites is 5. The summed E-state index contributed by atoms with van der Waals surface area (Å²) in [5.41, 5.74) is 15.3. The number of anilines is 2. The van der Waals surface area contributed by atoms with Crippen molar-refractivity contribution in [2.75, 3.05) is 4.81 Å². The molecule has 4 aromatic heterocycles. The van der Waals surface area contributed by atoms with E-state index in [4.69, 9.17) is 13.3 Å². The van der Waals surface area contributed by atoms with E-state index in [1.54, 1.807) is 0 Å². The van der Waals surface area contributed by atoms with Crippen molar-refractivity contribution in [3.8, 4) is 16.8 Å². The van der Waals surface area contributed by atoms with Crippen LogP contribution in [0.2, 0.25) is 0 Å². The normalized spacial score (nSPS) is 13.4. The molecule has 0 spiro atoms. The van der Waals surface area contributed by atoms with Crippen molar-refractivity contribution in [2.24, 2.45) is 0 Å². The number of furan rings is 3. The number of benzene rings is 9. The molecule has 0 aliphatic carbocycles. The first-order chi connectivity index (χ1) is 28.8. The fourth-order valence-corrected chi connectivity index (χ4v) is 10.9. The molecule has 58 heavy (non-hydrogen) atoms. The molecule has 0 atom stereocenters. The number of aromatic nitrogens is 1. The van der Waals surface area contributed by atoms with Gasteiger partial charge in [-0.3, -0.25) is 0 Å². The second-order valence-electron chi connectivity index (χ2n) is 15.9. The SMILES string of the molecule is c1ccc2c(c1)ccc1c2c2cccc3c2n1-c1cc2c(oc4ccccc42)c2c1B3N(c1cccc3c1oc1ccccc13)c1ccc3c(oc4ccccc43)c1-2. The van der Waals surface area contributed by atoms with E-state index in [1.165, 1.54) is 43.5 Å². The topological polar surface area (TPSA) is 47.6 Å². The van der Waals surface area contributed by atoms with Crippen LogP contribution in [0.4, 0.5) is 11.4 Å². The third-order valence-corrected chi connectivity index (χ3v) is 13.1. The summed E-state index contributed by atoms with van der Waals surface area (Å²) in [5.74, 6) is 0. The Morgan fingerprint density at radius 3 is 1.78 bits per heavy atom. The van der Waals surface area contributed by atoms with E-state index in [9.17, 15) is 0 Å². The smallest absolute Gasteiger partial charge is 0.333 e. The Hall–Kier alpha value is -7.70. The Kier molecular flexibility index (Phi) is 5.19.